The molecule has 108 valence electrons. The van der Waals surface area contributed by atoms with Crippen LogP contribution < -0.4 is 4.90 Å². The lowest BCUT2D eigenvalue weighted by molar-refractivity contribution is -0.384. The first kappa shape index (κ1) is 14.3. The van der Waals surface area contributed by atoms with Gasteiger partial charge in [0.2, 0.25) is 0 Å². The molecule has 1 heterocycles. The second-order valence-electron chi connectivity index (χ2n) is 4.91. The third kappa shape index (κ3) is 2.57. The highest BCUT2D eigenvalue weighted by atomic mass is 16.6. The fourth-order valence-electron chi connectivity index (χ4n) is 2.51. The fourth-order valence-corrected chi connectivity index (χ4v) is 2.51. The number of rotatable bonds is 3. The van der Waals surface area contributed by atoms with Crippen LogP contribution in [0.3, 0.4) is 0 Å². The first-order valence-corrected chi connectivity index (χ1v) is 6.29. The maximum atomic E-state index is 11.4. The van der Waals surface area contributed by atoms with Gasteiger partial charge in [0.05, 0.1) is 29.4 Å². The number of carbonyl (C=O) groups is 1. The zero-order valence-electron chi connectivity index (χ0n) is 11.3. The number of morpholine rings is 1. The molecule has 7 nitrogen and oxygen atoms in total. The largest absolute Gasteiger partial charge is 0.478 e. The Labute approximate surface area is 115 Å². The van der Waals surface area contributed by atoms with Crippen LogP contribution in [0.15, 0.2) is 18.2 Å². The molecule has 1 aliphatic heterocycles. The number of carboxylic acids is 1. The lowest BCUT2D eigenvalue weighted by Gasteiger charge is -2.41. The van der Waals surface area contributed by atoms with Crippen LogP contribution in [0.25, 0.3) is 0 Å². The molecular weight excluding hydrogens is 264 g/mol. The number of hydrogen-bond donors (Lipinski definition) is 1. The molecule has 0 amide bonds. The van der Waals surface area contributed by atoms with Crippen LogP contribution in [0, 0.1) is 10.1 Å². The molecule has 1 N–H and O–H groups in total. The standard InChI is InChI=1S/C13H16N2O5/c1-8-6-20-7-9(2)14(8)12-4-3-10(15(18)19)5-11(12)13(16)17/h3-5,8-9H,6-7H2,1-2H3,(H,16,17). The smallest absolute Gasteiger partial charge is 0.338 e. The molecule has 1 fully saturated rings. The van der Waals surface area contributed by atoms with Gasteiger partial charge in [0.15, 0.2) is 0 Å². The topological polar surface area (TPSA) is 92.9 Å². The van der Waals surface area contributed by atoms with E-state index >= 15 is 0 Å². The summed E-state index contributed by atoms with van der Waals surface area (Å²) in [6.07, 6.45) is 0. The summed E-state index contributed by atoms with van der Waals surface area (Å²) >= 11 is 0. The summed E-state index contributed by atoms with van der Waals surface area (Å²) in [6, 6.07) is 3.96. The Morgan fingerprint density at radius 1 is 1.40 bits per heavy atom. The lowest BCUT2D eigenvalue weighted by atomic mass is 10.1. The molecule has 20 heavy (non-hydrogen) atoms. The SMILES string of the molecule is CC1COCC(C)N1c1ccc([N+](=O)[O-])cc1C(=O)O. The monoisotopic (exact) mass is 280 g/mol. The molecule has 0 saturated carbocycles. The van der Waals surface area contributed by atoms with Crippen molar-refractivity contribution < 1.29 is 19.6 Å². The van der Waals surface area contributed by atoms with Crippen molar-refractivity contribution in [3.8, 4) is 0 Å². The summed E-state index contributed by atoms with van der Waals surface area (Å²) in [4.78, 5) is 23.5. The summed E-state index contributed by atoms with van der Waals surface area (Å²) in [5.41, 5.74) is 0.214. The highest BCUT2D eigenvalue weighted by molar-refractivity contribution is 5.95. The van der Waals surface area contributed by atoms with E-state index in [4.69, 9.17) is 4.74 Å². The molecule has 0 radical (unpaired) electrons. The van der Waals surface area contributed by atoms with Crippen molar-refractivity contribution in [2.45, 2.75) is 25.9 Å². The van der Waals surface area contributed by atoms with Gasteiger partial charge in [-0.05, 0) is 19.9 Å². The summed E-state index contributed by atoms with van der Waals surface area (Å²) in [5, 5.41) is 20.1. The Morgan fingerprint density at radius 3 is 2.50 bits per heavy atom. The zero-order chi connectivity index (χ0) is 14.9. The molecule has 0 spiro atoms. The van der Waals surface area contributed by atoms with Crippen molar-refractivity contribution in [3.05, 3.63) is 33.9 Å². The van der Waals surface area contributed by atoms with Crippen molar-refractivity contribution in [2.24, 2.45) is 0 Å². The van der Waals surface area contributed by atoms with Crippen LogP contribution in [0.4, 0.5) is 11.4 Å². The van der Waals surface area contributed by atoms with Crippen LogP contribution >= 0.6 is 0 Å². The Morgan fingerprint density at radius 2 is 2.00 bits per heavy atom. The third-order valence-electron chi connectivity index (χ3n) is 3.37. The van der Waals surface area contributed by atoms with Crippen LogP contribution in [0.2, 0.25) is 0 Å². The Balaban J connectivity index is 2.49. The van der Waals surface area contributed by atoms with Crippen molar-refractivity contribution in [3.63, 3.8) is 0 Å². The Hall–Kier alpha value is -2.15. The van der Waals surface area contributed by atoms with Gasteiger partial charge in [0.1, 0.15) is 0 Å². The summed E-state index contributed by atoms with van der Waals surface area (Å²) < 4.78 is 5.41. The number of nitrogens with zero attached hydrogens (tertiary/aromatic N) is 2. The molecule has 1 aromatic rings. The van der Waals surface area contributed by atoms with Gasteiger partial charge in [-0.3, -0.25) is 10.1 Å². The first-order valence-electron chi connectivity index (χ1n) is 6.29. The molecule has 2 atom stereocenters. The number of benzene rings is 1. The molecule has 0 aliphatic carbocycles. The number of anilines is 1. The Kier molecular flexibility index (Phi) is 3.89. The van der Waals surface area contributed by atoms with Gasteiger partial charge in [0.25, 0.3) is 5.69 Å². The van der Waals surface area contributed by atoms with Gasteiger partial charge in [-0.1, -0.05) is 0 Å². The first-order chi connectivity index (χ1) is 9.41. The van der Waals surface area contributed by atoms with E-state index in [0.29, 0.717) is 18.9 Å². The summed E-state index contributed by atoms with van der Waals surface area (Å²) in [7, 11) is 0. The lowest BCUT2D eigenvalue weighted by Crippen LogP contribution is -2.50. The third-order valence-corrected chi connectivity index (χ3v) is 3.37. The number of ether oxygens (including phenoxy) is 1. The second-order valence-corrected chi connectivity index (χ2v) is 4.91. The van der Waals surface area contributed by atoms with Crippen molar-refractivity contribution in [2.75, 3.05) is 18.1 Å². The van der Waals surface area contributed by atoms with Crippen molar-refractivity contribution >= 4 is 17.3 Å². The maximum Gasteiger partial charge on any atom is 0.338 e. The highest BCUT2D eigenvalue weighted by Gasteiger charge is 2.29. The van der Waals surface area contributed by atoms with E-state index in [1.807, 2.05) is 18.7 Å². The van der Waals surface area contributed by atoms with Gasteiger partial charge in [-0.25, -0.2) is 4.79 Å². The number of hydrogen-bond acceptors (Lipinski definition) is 5. The molecule has 1 saturated heterocycles. The maximum absolute atomic E-state index is 11.4. The Bertz CT molecular complexity index is 536. The minimum absolute atomic E-state index is 0.0123. The van der Waals surface area contributed by atoms with E-state index in [2.05, 4.69) is 0 Å². The van der Waals surface area contributed by atoms with E-state index in [1.165, 1.54) is 12.1 Å². The molecule has 2 unspecified atom stereocenters. The van der Waals surface area contributed by atoms with E-state index in [0.717, 1.165) is 6.07 Å². The second kappa shape index (κ2) is 5.46. The van der Waals surface area contributed by atoms with Crippen molar-refractivity contribution in [1.82, 2.24) is 0 Å². The zero-order valence-corrected chi connectivity index (χ0v) is 11.3. The predicted molar refractivity (Wildman–Crippen MR) is 72.3 cm³/mol. The predicted octanol–water partition coefficient (Wildman–Crippen LogP) is 1.91. The van der Waals surface area contributed by atoms with E-state index in [1.54, 1.807) is 0 Å². The van der Waals surface area contributed by atoms with Crippen LogP contribution in [0.5, 0.6) is 0 Å². The van der Waals surface area contributed by atoms with Crippen LogP contribution in [-0.2, 0) is 4.74 Å². The average molecular weight is 280 g/mol. The number of nitro groups is 1. The molecule has 1 aromatic carbocycles. The van der Waals surface area contributed by atoms with E-state index < -0.39 is 10.9 Å². The van der Waals surface area contributed by atoms with Crippen LogP contribution in [-0.4, -0.2) is 41.3 Å². The summed E-state index contributed by atoms with van der Waals surface area (Å²) in [6.45, 7) is 4.87. The minimum atomic E-state index is -1.17. The number of aromatic carboxylic acids is 1. The highest BCUT2D eigenvalue weighted by Crippen LogP contribution is 2.30. The minimum Gasteiger partial charge on any atom is -0.478 e. The number of nitro benzene ring substituents is 1. The average Bonchev–Trinajstić information content (AvgIpc) is 2.38. The number of carboxylic acid groups (broad SMARTS) is 1. The van der Waals surface area contributed by atoms with Gasteiger partial charge in [-0.15, -0.1) is 0 Å². The van der Waals surface area contributed by atoms with Gasteiger partial charge in [-0.2, -0.15) is 0 Å². The van der Waals surface area contributed by atoms with E-state index in [-0.39, 0.29) is 23.3 Å². The molecule has 1 aliphatic rings. The molecule has 2 rings (SSSR count). The van der Waals surface area contributed by atoms with Gasteiger partial charge in [0, 0.05) is 24.2 Å². The van der Waals surface area contributed by atoms with Crippen molar-refractivity contribution in [1.29, 1.82) is 0 Å². The summed E-state index contributed by atoms with van der Waals surface area (Å²) in [5.74, 6) is -1.17. The van der Waals surface area contributed by atoms with Crippen LogP contribution in [0.1, 0.15) is 24.2 Å². The van der Waals surface area contributed by atoms with Gasteiger partial charge >= 0.3 is 5.97 Å². The molecule has 7 heteroatoms. The molecular formula is C13H16N2O5. The quantitative estimate of drug-likeness (QED) is 0.671. The van der Waals surface area contributed by atoms with E-state index in [9.17, 15) is 20.0 Å². The molecule has 0 aromatic heterocycles. The normalized spacial score (nSPS) is 22.6. The fraction of sp³-hybridized carbons (Fsp3) is 0.462. The molecule has 0 bridgehead atoms. The van der Waals surface area contributed by atoms with Gasteiger partial charge < -0.3 is 14.7 Å². The number of non-ortho nitro benzene ring substituents is 1.